The van der Waals surface area contributed by atoms with E-state index in [0.717, 1.165) is 57.8 Å². The predicted molar refractivity (Wildman–Crippen MR) is 247 cm³/mol. The van der Waals surface area contributed by atoms with Gasteiger partial charge in [-0.05, 0) is 70.6 Å². The molecule has 2 unspecified atom stereocenters. The summed E-state index contributed by atoms with van der Waals surface area (Å²) < 4.78 is 35.0. The van der Waals surface area contributed by atoms with Gasteiger partial charge in [0, 0.05) is 13.0 Å². The first-order valence-corrected chi connectivity index (χ1v) is 25.0. The summed E-state index contributed by atoms with van der Waals surface area (Å²) in [6.45, 7) is 5.44. The van der Waals surface area contributed by atoms with Gasteiger partial charge in [-0.1, -0.05) is 171 Å². The summed E-state index contributed by atoms with van der Waals surface area (Å²) in [4.78, 5) is 22.9. The van der Waals surface area contributed by atoms with Crippen molar-refractivity contribution in [3.8, 4) is 0 Å². The van der Waals surface area contributed by atoms with Crippen molar-refractivity contribution in [3.63, 3.8) is 0 Å². The van der Waals surface area contributed by atoms with Crippen LogP contribution < -0.4 is 0 Å². The third-order valence-corrected chi connectivity index (χ3v) is 10.8. The fraction of sp³-hybridized carbons (Fsp3) is 0.776. The summed E-state index contributed by atoms with van der Waals surface area (Å²) in [7, 11) is 1.66. The molecule has 0 aromatic carbocycles. The summed E-state index contributed by atoms with van der Waals surface area (Å²) in [5.74, 6) is -0.320. The molecule has 2 atom stereocenters. The standard InChI is InChI=1S/C49H90NO7P/c1-6-8-10-12-14-16-18-19-20-21-22-23-24-25-26-27-28-29-30-31-32-34-36-38-40-42-49(51)57-48(47-56-58(52,53)55-45-43-50(3,4)5)46-54-44-41-39-37-35-33-17-15-13-11-9-7-2/h8,10-11,13-14,16,19-20,22-23,48H,6-7,9,12,15,17-18,21,24-47H2,1-5H3/p+1/b10-8-,13-11-,16-14-,20-19-,23-22-. The molecule has 0 aliphatic carbocycles. The average molecular weight is 837 g/mol. The summed E-state index contributed by atoms with van der Waals surface area (Å²) in [6, 6.07) is 0. The van der Waals surface area contributed by atoms with Gasteiger partial charge in [0.25, 0.3) is 0 Å². The zero-order valence-electron chi connectivity index (χ0n) is 38.3. The Balaban J connectivity index is 4.09. The van der Waals surface area contributed by atoms with Crippen LogP contribution in [0.2, 0.25) is 0 Å². The van der Waals surface area contributed by atoms with E-state index in [1.54, 1.807) is 0 Å². The lowest BCUT2D eigenvalue weighted by molar-refractivity contribution is -0.870. The van der Waals surface area contributed by atoms with E-state index in [1.165, 1.54) is 109 Å². The number of ether oxygens (including phenoxy) is 2. The van der Waals surface area contributed by atoms with Gasteiger partial charge < -0.3 is 18.9 Å². The largest absolute Gasteiger partial charge is 0.472 e. The van der Waals surface area contributed by atoms with Crippen molar-refractivity contribution in [2.24, 2.45) is 0 Å². The number of hydrogen-bond donors (Lipinski definition) is 1. The Bertz CT molecular complexity index is 1110. The Labute approximate surface area is 358 Å². The Hall–Kier alpha value is -1.80. The molecule has 0 aromatic rings. The van der Waals surface area contributed by atoms with E-state index in [4.69, 9.17) is 18.5 Å². The number of allylic oxidation sites excluding steroid dienone is 10. The molecule has 0 spiro atoms. The maximum atomic E-state index is 12.7. The van der Waals surface area contributed by atoms with Crippen LogP contribution in [0.25, 0.3) is 0 Å². The maximum absolute atomic E-state index is 12.7. The Morgan fingerprint density at radius 1 is 0.552 bits per heavy atom. The quantitative estimate of drug-likeness (QED) is 0.0215. The number of carbonyl (C=O) groups excluding carboxylic acids is 1. The second-order valence-electron chi connectivity index (χ2n) is 16.8. The Morgan fingerprint density at radius 2 is 1.00 bits per heavy atom. The molecule has 8 nitrogen and oxygen atoms in total. The van der Waals surface area contributed by atoms with Crippen LogP contribution in [0.15, 0.2) is 60.8 Å². The molecular formula is C49H91NO7P+. The third kappa shape index (κ3) is 45.3. The molecule has 0 radical (unpaired) electrons. The highest BCUT2D eigenvalue weighted by atomic mass is 31.2. The first kappa shape index (κ1) is 56.2. The molecular weight excluding hydrogens is 746 g/mol. The van der Waals surface area contributed by atoms with E-state index in [1.807, 2.05) is 21.1 Å². The molecule has 0 saturated heterocycles. The minimum atomic E-state index is -4.28. The van der Waals surface area contributed by atoms with Crippen LogP contribution in [-0.2, 0) is 27.9 Å². The lowest BCUT2D eigenvalue weighted by atomic mass is 10.0. The topological polar surface area (TPSA) is 91.3 Å². The van der Waals surface area contributed by atoms with E-state index in [2.05, 4.69) is 74.6 Å². The molecule has 0 aliphatic rings. The van der Waals surface area contributed by atoms with Crippen LogP contribution in [-0.4, -0.2) is 75.6 Å². The molecule has 338 valence electrons. The van der Waals surface area contributed by atoms with Gasteiger partial charge >= 0.3 is 13.8 Å². The Kier molecular flexibility index (Phi) is 40.6. The van der Waals surface area contributed by atoms with E-state index in [9.17, 15) is 14.3 Å². The van der Waals surface area contributed by atoms with Crippen molar-refractivity contribution < 1.29 is 37.3 Å². The number of rotatable bonds is 43. The van der Waals surface area contributed by atoms with Crippen LogP contribution >= 0.6 is 7.82 Å². The van der Waals surface area contributed by atoms with Gasteiger partial charge in [-0.15, -0.1) is 0 Å². The van der Waals surface area contributed by atoms with Gasteiger partial charge in [0.1, 0.15) is 19.3 Å². The predicted octanol–water partition coefficient (Wildman–Crippen LogP) is 14.1. The molecule has 0 aromatic heterocycles. The first-order chi connectivity index (χ1) is 28.1. The van der Waals surface area contributed by atoms with Crippen molar-refractivity contribution in [3.05, 3.63) is 60.8 Å². The maximum Gasteiger partial charge on any atom is 0.472 e. The summed E-state index contributed by atoms with van der Waals surface area (Å²) in [5.41, 5.74) is 0. The van der Waals surface area contributed by atoms with Gasteiger partial charge in [-0.3, -0.25) is 13.8 Å². The fourth-order valence-electron chi connectivity index (χ4n) is 6.19. The van der Waals surface area contributed by atoms with Gasteiger partial charge in [-0.2, -0.15) is 0 Å². The highest BCUT2D eigenvalue weighted by molar-refractivity contribution is 7.47. The normalized spacial score (nSPS) is 14.2. The van der Waals surface area contributed by atoms with Crippen LogP contribution in [0.3, 0.4) is 0 Å². The molecule has 0 rings (SSSR count). The highest BCUT2D eigenvalue weighted by Gasteiger charge is 2.26. The highest BCUT2D eigenvalue weighted by Crippen LogP contribution is 2.43. The Morgan fingerprint density at radius 3 is 1.52 bits per heavy atom. The van der Waals surface area contributed by atoms with Gasteiger partial charge in [0.15, 0.2) is 0 Å². The smallest absolute Gasteiger partial charge is 0.457 e. The number of likely N-dealkylation sites (N-methyl/N-ethyl adjacent to an activating group) is 1. The van der Waals surface area contributed by atoms with Crippen LogP contribution in [0.1, 0.15) is 187 Å². The molecule has 1 N–H and O–H groups in total. The average Bonchev–Trinajstić information content (AvgIpc) is 3.18. The van der Waals surface area contributed by atoms with Crippen molar-refractivity contribution in [2.75, 3.05) is 54.1 Å². The summed E-state index contributed by atoms with van der Waals surface area (Å²) in [6.07, 6.45) is 52.6. The molecule has 0 bridgehead atoms. The second kappa shape index (κ2) is 41.9. The number of unbranched alkanes of at least 4 members (excludes halogenated alkanes) is 19. The van der Waals surface area contributed by atoms with Gasteiger partial charge in [0.05, 0.1) is 34.4 Å². The number of esters is 1. The number of quaternary nitrogens is 1. The number of carbonyl (C=O) groups is 1. The summed E-state index contributed by atoms with van der Waals surface area (Å²) in [5, 5.41) is 0. The minimum Gasteiger partial charge on any atom is -0.457 e. The molecule has 0 saturated carbocycles. The minimum absolute atomic E-state index is 0.0853. The fourth-order valence-corrected chi connectivity index (χ4v) is 6.93. The molecule has 58 heavy (non-hydrogen) atoms. The van der Waals surface area contributed by atoms with Crippen molar-refractivity contribution in [1.29, 1.82) is 0 Å². The van der Waals surface area contributed by atoms with Crippen molar-refractivity contribution in [2.45, 2.75) is 193 Å². The number of hydrogen-bond acceptors (Lipinski definition) is 6. The second-order valence-corrected chi connectivity index (χ2v) is 18.2. The SMILES string of the molecule is CC/C=C\C/C=C\C/C=C\C/C=C\CCCCCCCCCCCCCCC(=O)OC(COCCCCCCCC/C=C\CCC)COP(=O)(O)OCC[N+](C)(C)C. The number of phosphoric acid groups is 1. The lowest BCUT2D eigenvalue weighted by Crippen LogP contribution is -2.37. The van der Waals surface area contributed by atoms with Crippen LogP contribution in [0.4, 0.5) is 0 Å². The number of nitrogens with zero attached hydrogens (tertiary/aromatic N) is 1. The van der Waals surface area contributed by atoms with Crippen LogP contribution in [0.5, 0.6) is 0 Å². The monoisotopic (exact) mass is 837 g/mol. The zero-order valence-corrected chi connectivity index (χ0v) is 39.2. The van der Waals surface area contributed by atoms with Gasteiger partial charge in [-0.25, -0.2) is 4.57 Å². The van der Waals surface area contributed by atoms with Crippen molar-refractivity contribution in [1.82, 2.24) is 0 Å². The van der Waals surface area contributed by atoms with Gasteiger partial charge in [0.2, 0.25) is 0 Å². The molecule has 0 amide bonds. The van der Waals surface area contributed by atoms with E-state index >= 15 is 0 Å². The van der Waals surface area contributed by atoms with Crippen molar-refractivity contribution >= 4 is 13.8 Å². The zero-order chi connectivity index (χ0) is 42.7. The first-order valence-electron chi connectivity index (χ1n) is 23.5. The molecule has 9 heteroatoms. The van der Waals surface area contributed by atoms with E-state index in [0.29, 0.717) is 24.1 Å². The molecule has 0 heterocycles. The third-order valence-electron chi connectivity index (χ3n) is 9.79. The van der Waals surface area contributed by atoms with E-state index in [-0.39, 0.29) is 25.8 Å². The van der Waals surface area contributed by atoms with Crippen LogP contribution in [0, 0.1) is 0 Å². The molecule has 0 aliphatic heterocycles. The number of phosphoric ester groups is 1. The van der Waals surface area contributed by atoms with E-state index < -0.39 is 13.9 Å². The molecule has 0 fully saturated rings. The lowest BCUT2D eigenvalue weighted by Gasteiger charge is -2.24. The summed E-state index contributed by atoms with van der Waals surface area (Å²) >= 11 is 0.